The minimum absolute atomic E-state index is 0.0257. The lowest BCUT2D eigenvalue weighted by atomic mass is 10.1. The summed E-state index contributed by atoms with van der Waals surface area (Å²) in [6, 6.07) is 37.5. The van der Waals surface area contributed by atoms with Crippen molar-refractivity contribution in [3.63, 3.8) is 0 Å². The zero-order valence-corrected chi connectivity index (χ0v) is 20.3. The van der Waals surface area contributed by atoms with Crippen molar-refractivity contribution in [2.24, 2.45) is 0 Å². The van der Waals surface area contributed by atoms with E-state index in [9.17, 15) is 4.79 Å². The Hall–Kier alpha value is -4.22. The van der Waals surface area contributed by atoms with E-state index in [4.69, 9.17) is 9.72 Å². The van der Waals surface area contributed by atoms with Crippen LogP contribution in [0.25, 0.3) is 11.0 Å². The smallest absolute Gasteiger partial charge is 0.249 e. The van der Waals surface area contributed by atoms with Gasteiger partial charge in [0.2, 0.25) is 5.91 Å². The van der Waals surface area contributed by atoms with E-state index in [0.29, 0.717) is 18.9 Å². The third-order valence-electron chi connectivity index (χ3n) is 6.32. The highest BCUT2D eigenvalue weighted by molar-refractivity contribution is 5.93. The Balaban J connectivity index is 1.47. The van der Waals surface area contributed by atoms with Crippen LogP contribution in [0, 0.1) is 0 Å². The molecule has 0 spiro atoms. The van der Waals surface area contributed by atoms with Gasteiger partial charge >= 0.3 is 0 Å². The molecular formula is C31H29N3O2. The Bertz CT molecular complexity index is 1370. The van der Waals surface area contributed by atoms with Crippen LogP contribution in [0.1, 0.15) is 28.7 Å². The predicted octanol–water partition coefficient (Wildman–Crippen LogP) is 6.35. The second-order valence-corrected chi connectivity index (χ2v) is 8.84. The molecule has 1 heterocycles. The molecule has 5 heteroatoms. The van der Waals surface area contributed by atoms with E-state index in [0.717, 1.165) is 27.9 Å². The van der Waals surface area contributed by atoms with Crippen molar-refractivity contribution < 1.29 is 9.53 Å². The standard InChI is InChI=1S/C31H29N3O2/c1-24(33(21-25-13-5-2-6-14-25)22-26-15-7-3-8-16-26)31(35)34-29-20-12-11-19-28(29)32-30(34)23-36-27-17-9-4-10-18-27/h2-20,24H,21-23H2,1H3. The SMILES string of the molecule is CC(C(=O)n1c(COc2ccccc2)nc2ccccc21)N(Cc1ccccc1)Cc1ccccc1. The molecule has 1 unspecified atom stereocenters. The molecule has 0 bridgehead atoms. The van der Waals surface area contributed by atoms with Crippen molar-refractivity contribution in [2.45, 2.75) is 32.7 Å². The van der Waals surface area contributed by atoms with Crippen LogP contribution in [0.4, 0.5) is 0 Å². The van der Waals surface area contributed by atoms with Gasteiger partial charge in [0.05, 0.1) is 17.1 Å². The summed E-state index contributed by atoms with van der Waals surface area (Å²) in [6.07, 6.45) is 0. The van der Waals surface area contributed by atoms with Gasteiger partial charge in [-0.25, -0.2) is 4.98 Å². The molecule has 5 rings (SSSR count). The van der Waals surface area contributed by atoms with Gasteiger partial charge in [0, 0.05) is 13.1 Å². The number of hydrogen-bond donors (Lipinski definition) is 0. The topological polar surface area (TPSA) is 47.4 Å². The summed E-state index contributed by atoms with van der Waals surface area (Å²) in [4.78, 5) is 21.1. The highest BCUT2D eigenvalue weighted by Gasteiger charge is 2.27. The first-order valence-electron chi connectivity index (χ1n) is 12.2. The third kappa shape index (κ3) is 5.37. The molecule has 0 aliphatic rings. The zero-order chi connectivity index (χ0) is 24.7. The highest BCUT2D eigenvalue weighted by atomic mass is 16.5. The maximum Gasteiger partial charge on any atom is 0.249 e. The molecule has 0 saturated heterocycles. The molecule has 1 atom stereocenters. The Morgan fingerprint density at radius 1 is 0.778 bits per heavy atom. The number of nitrogens with zero attached hydrogens (tertiary/aromatic N) is 3. The number of ether oxygens (including phenoxy) is 1. The minimum Gasteiger partial charge on any atom is -0.486 e. The van der Waals surface area contributed by atoms with Crippen molar-refractivity contribution >= 4 is 16.9 Å². The normalized spacial score (nSPS) is 12.1. The number of para-hydroxylation sites is 3. The summed E-state index contributed by atoms with van der Waals surface area (Å²) in [5.41, 5.74) is 3.90. The van der Waals surface area contributed by atoms with Crippen LogP contribution in [-0.2, 0) is 19.7 Å². The maximum atomic E-state index is 14.1. The lowest BCUT2D eigenvalue weighted by Crippen LogP contribution is -2.41. The number of aromatic nitrogens is 2. The summed E-state index contributed by atoms with van der Waals surface area (Å²) in [7, 11) is 0. The molecule has 36 heavy (non-hydrogen) atoms. The average molecular weight is 476 g/mol. The fraction of sp³-hybridized carbons (Fsp3) is 0.161. The first kappa shape index (κ1) is 23.5. The van der Waals surface area contributed by atoms with Gasteiger partial charge < -0.3 is 4.74 Å². The summed E-state index contributed by atoms with van der Waals surface area (Å²) in [5.74, 6) is 1.31. The van der Waals surface area contributed by atoms with Gasteiger partial charge in [0.1, 0.15) is 12.4 Å². The van der Waals surface area contributed by atoms with E-state index in [2.05, 4.69) is 29.2 Å². The molecule has 180 valence electrons. The molecule has 5 aromatic rings. The number of hydrogen-bond acceptors (Lipinski definition) is 4. The van der Waals surface area contributed by atoms with Gasteiger partial charge in [-0.15, -0.1) is 0 Å². The van der Waals surface area contributed by atoms with E-state index in [1.54, 1.807) is 4.57 Å². The van der Waals surface area contributed by atoms with Crippen LogP contribution in [0.5, 0.6) is 5.75 Å². The van der Waals surface area contributed by atoms with Crippen LogP contribution in [-0.4, -0.2) is 26.4 Å². The number of carbonyl (C=O) groups excluding carboxylic acids is 1. The Morgan fingerprint density at radius 2 is 1.31 bits per heavy atom. The lowest BCUT2D eigenvalue weighted by Gasteiger charge is -2.29. The number of imidazole rings is 1. The summed E-state index contributed by atoms with van der Waals surface area (Å²) >= 11 is 0. The molecule has 0 amide bonds. The largest absolute Gasteiger partial charge is 0.486 e. The number of fused-ring (bicyclic) bond motifs is 1. The molecule has 0 aliphatic heterocycles. The Labute approximate surface area is 211 Å². The summed E-state index contributed by atoms with van der Waals surface area (Å²) in [6.45, 7) is 3.50. The van der Waals surface area contributed by atoms with Crippen molar-refractivity contribution in [3.8, 4) is 5.75 Å². The number of rotatable bonds is 9. The van der Waals surface area contributed by atoms with E-state index in [-0.39, 0.29) is 12.5 Å². The van der Waals surface area contributed by atoms with Crippen LogP contribution < -0.4 is 4.74 Å². The van der Waals surface area contributed by atoms with Crippen LogP contribution >= 0.6 is 0 Å². The molecule has 0 fully saturated rings. The average Bonchev–Trinajstić information content (AvgIpc) is 3.31. The number of carbonyl (C=O) groups is 1. The maximum absolute atomic E-state index is 14.1. The van der Waals surface area contributed by atoms with Gasteiger partial charge in [-0.3, -0.25) is 14.3 Å². The second kappa shape index (κ2) is 11.0. The first-order chi connectivity index (χ1) is 17.7. The molecule has 0 saturated carbocycles. The quantitative estimate of drug-likeness (QED) is 0.249. The van der Waals surface area contributed by atoms with Gasteiger partial charge in [-0.05, 0) is 42.3 Å². The van der Waals surface area contributed by atoms with Crippen LogP contribution in [0.3, 0.4) is 0 Å². The monoisotopic (exact) mass is 475 g/mol. The highest BCUT2D eigenvalue weighted by Crippen LogP contribution is 2.22. The summed E-state index contributed by atoms with van der Waals surface area (Å²) in [5, 5.41) is 0. The van der Waals surface area contributed by atoms with Gasteiger partial charge in [0.25, 0.3) is 0 Å². The number of benzene rings is 4. The molecule has 4 aromatic carbocycles. The van der Waals surface area contributed by atoms with Crippen molar-refractivity contribution in [2.75, 3.05) is 0 Å². The van der Waals surface area contributed by atoms with E-state index >= 15 is 0 Å². The minimum atomic E-state index is -0.390. The first-order valence-corrected chi connectivity index (χ1v) is 12.2. The van der Waals surface area contributed by atoms with E-state index < -0.39 is 6.04 Å². The van der Waals surface area contributed by atoms with Gasteiger partial charge in [0.15, 0.2) is 5.82 Å². The predicted molar refractivity (Wildman–Crippen MR) is 143 cm³/mol. The Kier molecular flexibility index (Phi) is 7.20. The molecular weight excluding hydrogens is 446 g/mol. The second-order valence-electron chi connectivity index (χ2n) is 8.84. The fourth-order valence-corrected chi connectivity index (χ4v) is 4.39. The summed E-state index contributed by atoms with van der Waals surface area (Å²) < 4.78 is 7.72. The zero-order valence-electron chi connectivity index (χ0n) is 20.3. The molecule has 0 aliphatic carbocycles. The molecule has 0 radical (unpaired) electrons. The Morgan fingerprint density at radius 3 is 1.92 bits per heavy atom. The van der Waals surface area contributed by atoms with Gasteiger partial charge in [-0.2, -0.15) is 0 Å². The van der Waals surface area contributed by atoms with E-state index in [1.807, 2.05) is 97.9 Å². The van der Waals surface area contributed by atoms with E-state index in [1.165, 1.54) is 0 Å². The van der Waals surface area contributed by atoms with Crippen LogP contribution in [0.15, 0.2) is 115 Å². The molecule has 0 N–H and O–H groups in total. The van der Waals surface area contributed by atoms with Crippen molar-refractivity contribution in [3.05, 3.63) is 132 Å². The lowest BCUT2D eigenvalue weighted by molar-refractivity contribution is 0.0725. The van der Waals surface area contributed by atoms with Gasteiger partial charge in [-0.1, -0.05) is 91.0 Å². The molecule has 5 nitrogen and oxygen atoms in total. The van der Waals surface area contributed by atoms with Crippen molar-refractivity contribution in [1.82, 2.24) is 14.5 Å². The third-order valence-corrected chi connectivity index (χ3v) is 6.32. The fourth-order valence-electron chi connectivity index (χ4n) is 4.39. The molecule has 1 aromatic heterocycles. The van der Waals surface area contributed by atoms with Crippen LogP contribution in [0.2, 0.25) is 0 Å². The van der Waals surface area contributed by atoms with Crippen molar-refractivity contribution in [1.29, 1.82) is 0 Å².